The third kappa shape index (κ3) is 4.25. The van der Waals surface area contributed by atoms with Crippen molar-refractivity contribution in [2.24, 2.45) is 5.92 Å². The lowest BCUT2D eigenvalue weighted by atomic mass is 9.88. The van der Waals surface area contributed by atoms with Crippen molar-refractivity contribution in [2.75, 3.05) is 23.8 Å². The average molecular weight is 372 g/mol. The van der Waals surface area contributed by atoms with Gasteiger partial charge in [-0.05, 0) is 49.8 Å². The van der Waals surface area contributed by atoms with Gasteiger partial charge in [0.15, 0.2) is 0 Å². The summed E-state index contributed by atoms with van der Waals surface area (Å²) in [5, 5.41) is 6.61. The van der Waals surface area contributed by atoms with Crippen molar-refractivity contribution in [3.8, 4) is 0 Å². The van der Waals surface area contributed by atoms with E-state index in [0.29, 0.717) is 23.1 Å². The number of nitrogens with one attached hydrogen (secondary N) is 2. The quantitative estimate of drug-likeness (QED) is 0.749. The summed E-state index contributed by atoms with van der Waals surface area (Å²) in [6.45, 7) is 4.48. The van der Waals surface area contributed by atoms with E-state index in [-0.39, 0.29) is 18.4 Å². The predicted octanol–water partition coefficient (Wildman–Crippen LogP) is 4.10. The van der Waals surface area contributed by atoms with Crippen LogP contribution in [0.3, 0.4) is 0 Å². The van der Waals surface area contributed by atoms with Gasteiger partial charge in [0.25, 0.3) is 0 Å². The number of ether oxygens (including phenoxy) is 1. The van der Waals surface area contributed by atoms with Crippen molar-refractivity contribution in [1.82, 2.24) is 0 Å². The minimum Gasteiger partial charge on any atom is -0.462 e. The van der Waals surface area contributed by atoms with Crippen LogP contribution in [0.2, 0.25) is 0 Å². The van der Waals surface area contributed by atoms with Crippen LogP contribution in [0.1, 0.15) is 41.1 Å². The van der Waals surface area contributed by atoms with Crippen LogP contribution in [0.25, 0.3) is 0 Å². The number of hydrogen-bond donors (Lipinski definition) is 2. The topological polar surface area (TPSA) is 67.4 Å². The van der Waals surface area contributed by atoms with Crippen LogP contribution >= 0.6 is 11.3 Å². The highest BCUT2D eigenvalue weighted by atomic mass is 32.1. The van der Waals surface area contributed by atoms with Crippen molar-refractivity contribution in [1.29, 1.82) is 0 Å². The van der Waals surface area contributed by atoms with E-state index in [1.165, 1.54) is 16.2 Å². The molecule has 1 atom stereocenters. The predicted molar refractivity (Wildman–Crippen MR) is 105 cm³/mol. The lowest BCUT2D eigenvalue weighted by molar-refractivity contribution is -0.114. The number of fused-ring (bicyclic) bond motifs is 1. The Morgan fingerprint density at radius 1 is 1.27 bits per heavy atom. The van der Waals surface area contributed by atoms with E-state index in [0.717, 1.165) is 30.5 Å². The van der Waals surface area contributed by atoms with E-state index >= 15 is 0 Å². The Bertz CT molecular complexity index is 786. The molecular formula is C20H24N2O3S. The molecule has 0 spiro atoms. The number of hydrogen-bond acceptors (Lipinski definition) is 5. The molecule has 2 N–H and O–H groups in total. The Morgan fingerprint density at radius 2 is 2.04 bits per heavy atom. The Morgan fingerprint density at radius 3 is 2.77 bits per heavy atom. The number of rotatable bonds is 6. The molecule has 0 fully saturated rings. The summed E-state index contributed by atoms with van der Waals surface area (Å²) in [4.78, 5) is 26.0. The standard InChI is InChI=1S/C20H24N2O3S/c1-3-25-20(24)18-15-10-9-13(2)11-16(15)26-19(18)22-17(23)12-21-14-7-5-4-6-8-14/h4-8,13,21H,3,9-12H2,1-2H3,(H,22,23)/t13-/m0/s1. The number of anilines is 2. The molecule has 26 heavy (non-hydrogen) atoms. The molecular weight excluding hydrogens is 348 g/mol. The molecule has 2 aromatic rings. The largest absolute Gasteiger partial charge is 0.462 e. The first-order chi connectivity index (χ1) is 12.6. The number of carbonyl (C=O) groups excluding carboxylic acids is 2. The smallest absolute Gasteiger partial charge is 0.341 e. The summed E-state index contributed by atoms with van der Waals surface area (Å²) in [6, 6.07) is 9.56. The number of amides is 1. The van der Waals surface area contributed by atoms with Crippen LogP contribution in [-0.4, -0.2) is 25.0 Å². The van der Waals surface area contributed by atoms with Crippen molar-refractivity contribution in [2.45, 2.75) is 33.1 Å². The van der Waals surface area contributed by atoms with Gasteiger partial charge >= 0.3 is 5.97 Å². The van der Waals surface area contributed by atoms with E-state index in [9.17, 15) is 9.59 Å². The molecule has 0 saturated carbocycles. The third-order valence-electron chi connectivity index (χ3n) is 4.47. The molecule has 1 aliphatic carbocycles. The second-order valence-electron chi connectivity index (χ2n) is 6.54. The minimum absolute atomic E-state index is 0.144. The van der Waals surface area contributed by atoms with E-state index in [1.807, 2.05) is 30.3 Å². The maximum Gasteiger partial charge on any atom is 0.341 e. The molecule has 6 heteroatoms. The van der Waals surface area contributed by atoms with Gasteiger partial charge in [-0.3, -0.25) is 4.79 Å². The summed E-state index contributed by atoms with van der Waals surface area (Å²) in [7, 11) is 0. The fourth-order valence-corrected chi connectivity index (χ4v) is 4.58. The fourth-order valence-electron chi connectivity index (χ4n) is 3.17. The van der Waals surface area contributed by atoms with Gasteiger partial charge in [-0.2, -0.15) is 0 Å². The van der Waals surface area contributed by atoms with Gasteiger partial charge in [0.2, 0.25) is 5.91 Å². The Hall–Kier alpha value is -2.34. The van der Waals surface area contributed by atoms with Crippen LogP contribution in [0, 0.1) is 5.92 Å². The maximum atomic E-state index is 12.5. The van der Waals surface area contributed by atoms with Gasteiger partial charge in [0, 0.05) is 10.6 Å². The number of thiophene rings is 1. The van der Waals surface area contributed by atoms with Crippen molar-refractivity contribution in [3.63, 3.8) is 0 Å². The summed E-state index contributed by atoms with van der Waals surface area (Å²) in [5.41, 5.74) is 2.48. The molecule has 138 valence electrons. The lowest BCUT2D eigenvalue weighted by Crippen LogP contribution is -2.22. The first-order valence-corrected chi connectivity index (χ1v) is 9.80. The molecule has 1 heterocycles. The van der Waals surface area contributed by atoms with Gasteiger partial charge < -0.3 is 15.4 Å². The SMILES string of the molecule is CCOC(=O)c1c(NC(=O)CNc2ccccc2)sc2c1CC[C@H](C)C2. The molecule has 5 nitrogen and oxygen atoms in total. The van der Waals surface area contributed by atoms with Crippen LogP contribution < -0.4 is 10.6 Å². The highest BCUT2D eigenvalue weighted by molar-refractivity contribution is 7.17. The molecule has 0 unspecified atom stereocenters. The highest BCUT2D eigenvalue weighted by Gasteiger charge is 2.29. The van der Waals surface area contributed by atoms with Gasteiger partial charge in [-0.25, -0.2) is 4.79 Å². The Kier molecular flexibility index (Phi) is 5.93. The fraction of sp³-hybridized carbons (Fsp3) is 0.400. The monoisotopic (exact) mass is 372 g/mol. The zero-order valence-corrected chi connectivity index (χ0v) is 15.9. The van der Waals surface area contributed by atoms with Crippen LogP contribution in [0.5, 0.6) is 0 Å². The minimum atomic E-state index is -0.342. The summed E-state index contributed by atoms with van der Waals surface area (Å²) < 4.78 is 5.23. The van der Waals surface area contributed by atoms with Gasteiger partial charge in [0.05, 0.1) is 18.7 Å². The number of para-hydroxylation sites is 1. The van der Waals surface area contributed by atoms with Crippen LogP contribution in [-0.2, 0) is 22.4 Å². The maximum absolute atomic E-state index is 12.5. The Balaban J connectivity index is 1.75. The number of benzene rings is 1. The van der Waals surface area contributed by atoms with Gasteiger partial charge in [0.1, 0.15) is 5.00 Å². The summed E-state index contributed by atoms with van der Waals surface area (Å²) in [5.74, 6) is 0.0800. The van der Waals surface area contributed by atoms with Crippen LogP contribution in [0.4, 0.5) is 10.7 Å². The summed E-state index contributed by atoms with van der Waals surface area (Å²) in [6.07, 6.45) is 2.86. The summed E-state index contributed by atoms with van der Waals surface area (Å²) >= 11 is 1.51. The highest BCUT2D eigenvalue weighted by Crippen LogP contribution is 2.40. The zero-order chi connectivity index (χ0) is 18.5. The van der Waals surface area contributed by atoms with Crippen molar-refractivity contribution in [3.05, 3.63) is 46.3 Å². The number of esters is 1. The van der Waals surface area contributed by atoms with Crippen molar-refractivity contribution >= 4 is 33.9 Å². The van der Waals surface area contributed by atoms with E-state index in [1.54, 1.807) is 6.92 Å². The first-order valence-electron chi connectivity index (χ1n) is 8.99. The average Bonchev–Trinajstić information content (AvgIpc) is 2.98. The van der Waals surface area contributed by atoms with Crippen LogP contribution in [0.15, 0.2) is 30.3 Å². The zero-order valence-electron chi connectivity index (χ0n) is 15.1. The van der Waals surface area contributed by atoms with Gasteiger partial charge in [-0.1, -0.05) is 25.1 Å². The molecule has 1 amide bonds. The molecule has 0 saturated heterocycles. The third-order valence-corrected chi connectivity index (χ3v) is 5.64. The number of carbonyl (C=O) groups is 2. The normalized spacial score (nSPS) is 15.8. The van der Waals surface area contributed by atoms with Gasteiger partial charge in [-0.15, -0.1) is 11.3 Å². The molecule has 1 aromatic carbocycles. The van der Waals surface area contributed by atoms with E-state index < -0.39 is 0 Å². The second kappa shape index (κ2) is 8.36. The molecule has 1 aliphatic rings. The van der Waals surface area contributed by atoms with E-state index in [2.05, 4.69) is 17.6 Å². The molecule has 1 aromatic heterocycles. The van der Waals surface area contributed by atoms with Crippen molar-refractivity contribution < 1.29 is 14.3 Å². The Labute approximate surface area is 157 Å². The first kappa shape index (κ1) is 18.5. The van der Waals surface area contributed by atoms with E-state index in [4.69, 9.17) is 4.74 Å². The molecule has 0 aliphatic heterocycles. The lowest BCUT2D eigenvalue weighted by Gasteiger charge is -2.18. The molecule has 0 radical (unpaired) electrons. The second-order valence-corrected chi connectivity index (χ2v) is 7.65. The molecule has 3 rings (SSSR count). The molecule has 0 bridgehead atoms.